The number of aromatic nitrogens is 2. The Hall–Kier alpha value is -2.51. The molecule has 0 saturated heterocycles. The van der Waals surface area contributed by atoms with E-state index in [2.05, 4.69) is 14.9 Å². The SMILES string of the molecule is COCCn1c(SCC(=O)NCCc2ccccc2OC)nc2ccccc21. The molecule has 3 rings (SSSR count). The van der Waals surface area contributed by atoms with Crippen LogP contribution < -0.4 is 10.1 Å². The Labute approximate surface area is 169 Å². The minimum atomic E-state index is -0.00903. The van der Waals surface area contributed by atoms with Gasteiger partial charge in [-0.05, 0) is 30.2 Å². The van der Waals surface area contributed by atoms with E-state index in [1.54, 1.807) is 14.2 Å². The highest BCUT2D eigenvalue weighted by molar-refractivity contribution is 7.99. The molecule has 148 valence electrons. The number of carbonyl (C=O) groups is 1. The fourth-order valence-corrected chi connectivity index (χ4v) is 3.86. The first-order chi connectivity index (χ1) is 13.7. The topological polar surface area (TPSA) is 65.4 Å². The number of benzene rings is 2. The van der Waals surface area contributed by atoms with Crippen molar-refractivity contribution in [2.45, 2.75) is 18.1 Å². The number of thioether (sulfide) groups is 1. The summed E-state index contributed by atoms with van der Waals surface area (Å²) in [4.78, 5) is 16.9. The maximum absolute atomic E-state index is 12.3. The Balaban J connectivity index is 1.55. The van der Waals surface area contributed by atoms with Gasteiger partial charge in [-0.2, -0.15) is 0 Å². The maximum atomic E-state index is 12.3. The molecule has 0 aliphatic rings. The second kappa shape index (κ2) is 10.1. The standard InChI is InChI=1S/C21H25N3O3S/c1-26-14-13-24-18-9-5-4-8-17(18)23-21(24)28-15-20(25)22-12-11-16-7-3-6-10-19(16)27-2/h3-10H,11-15H2,1-2H3,(H,22,25). The minimum absolute atomic E-state index is 0.00903. The van der Waals surface area contributed by atoms with Crippen LogP contribution in [-0.2, 0) is 22.5 Å². The van der Waals surface area contributed by atoms with Crippen LogP contribution in [0.4, 0.5) is 0 Å². The Morgan fingerprint density at radius 1 is 1.14 bits per heavy atom. The molecule has 0 bridgehead atoms. The third-order valence-electron chi connectivity index (χ3n) is 4.38. The predicted octanol–water partition coefficient (Wildman–Crippen LogP) is 3.14. The van der Waals surface area contributed by atoms with Crippen molar-refractivity contribution in [3.63, 3.8) is 0 Å². The molecule has 0 radical (unpaired) electrons. The number of carbonyl (C=O) groups excluding carboxylic acids is 1. The van der Waals surface area contributed by atoms with Crippen molar-refractivity contribution in [2.75, 3.05) is 33.1 Å². The van der Waals surface area contributed by atoms with E-state index in [1.807, 2.05) is 48.5 Å². The average Bonchev–Trinajstić information content (AvgIpc) is 3.08. The van der Waals surface area contributed by atoms with Gasteiger partial charge in [0.2, 0.25) is 5.91 Å². The Morgan fingerprint density at radius 2 is 1.93 bits per heavy atom. The van der Waals surface area contributed by atoms with Gasteiger partial charge in [-0.25, -0.2) is 4.98 Å². The lowest BCUT2D eigenvalue weighted by atomic mass is 10.1. The van der Waals surface area contributed by atoms with Gasteiger partial charge in [0.1, 0.15) is 5.75 Å². The zero-order chi connectivity index (χ0) is 19.8. The number of amides is 1. The van der Waals surface area contributed by atoms with E-state index in [-0.39, 0.29) is 5.91 Å². The minimum Gasteiger partial charge on any atom is -0.496 e. The van der Waals surface area contributed by atoms with Gasteiger partial charge in [-0.1, -0.05) is 42.1 Å². The summed E-state index contributed by atoms with van der Waals surface area (Å²) < 4.78 is 12.7. The highest BCUT2D eigenvalue weighted by atomic mass is 32.2. The van der Waals surface area contributed by atoms with Crippen molar-refractivity contribution in [1.82, 2.24) is 14.9 Å². The average molecular weight is 400 g/mol. The number of methoxy groups -OCH3 is 2. The van der Waals surface area contributed by atoms with Gasteiger partial charge in [-0.3, -0.25) is 4.79 Å². The molecule has 0 atom stereocenters. The summed E-state index contributed by atoms with van der Waals surface area (Å²) in [6, 6.07) is 15.8. The normalized spacial score (nSPS) is 10.9. The molecule has 1 aromatic heterocycles. The molecule has 0 spiro atoms. The molecule has 2 aromatic carbocycles. The third kappa shape index (κ3) is 5.05. The first-order valence-electron chi connectivity index (χ1n) is 9.18. The molecule has 28 heavy (non-hydrogen) atoms. The molecule has 0 aliphatic heterocycles. The summed E-state index contributed by atoms with van der Waals surface area (Å²) in [5, 5.41) is 3.80. The number of nitrogens with one attached hydrogen (secondary N) is 1. The van der Waals surface area contributed by atoms with Gasteiger partial charge in [-0.15, -0.1) is 0 Å². The molecule has 7 heteroatoms. The fourth-order valence-electron chi connectivity index (χ4n) is 2.99. The van der Waals surface area contributed by atoms with Crippen LogP contribution in [0.25, 0.3) is 11.0 Å². The van der Waals surface area contributed by atoms with Gasteiger partial charge in [0.25, 0.3) is 0 Å². The number of fused-ring (bicyclic) bond motifs is 1. The number of nitrogens with zero attached hydrogens (tertiary/aromatic N) is 2. The van der Waals surface area contributed by atoms with E-state index in [0.29, 0.717) is 25.4 Å². The van der Waals surface area contributed by atoms with Crippen LogP contribution in [0.2, 0.25) is 0 Å². The van der Waals surface area contributed by atoms with Crippen LogP contribution in [0.5, 0.6) is 5.75 Å². The quantitative estimate of drug-likeness (QED) is 0.531. The molecule has 1 amide bonds. The van der Waals surface area contributed by atoms with Crippen molar-refractivity contribution in [2.24, 2.45) is 0 Å². The lowest BCUT2D eigenvalue weighted by Crippen LogP contribution is -2.27. The first kappa shape index (κ1) is 20.2. The van der Waals surface area contributed by atoms with Crippen molar-refractivity contribution in [3.8, 4) is 5.75 Å². The summed E-state index contributed by atoms with van der Waals surface area (Å²) in [6.07, 6.45) is 0.729. The molecule has 1 N–H and O–H groups in total. The number of rotatable bonds is 10. The lowest BCUT2D eigenvalue weighted by molar-refractivity contribution is -0.118. The predicted molar refractivity (Wildman–Crippen MR) is 112 cm³/mol. The van der Waals surface area contributed by atoms with Gasteiger partial charge in [0.05, 0.1) is 30.5 Å². The summed E-state index contributed by atoms with van der Waals surface area (Å²) in [5.74, 6) is 1.16. The van der Waals surface area contributed by atoms with Gasteiger partial charge >= 0.3 is 0 Å². The molecule has 1 heterocycles. The number of hydrogen-bond acceptors (Lipinski definition) is 5. The van der Waals surface area contributed by atoms with E-state index in [9.17, 15) is 4.79 Å². The Kier molecular flexibility index (Phi) is 7.33. The molecule has 0 fully saturated rings. The summed E-state index contributed by atoms with van der Waals surface area (Å²) >= 11 is 1.44. The van der Waals surface area contributed by atoms with Crippen molar-refractivity contribution >= 4 is 28.7 Å². The van der Waals surface area contributed by atoms with E-state index < -0.39 is 0 Å². The molecule has 3 aromatic rings. The third-order valence-corrected chi connectivity index (χ3v) is 5.36. The van der Waals surface area contributed by atoms with Crippen LogP contribution in [0.3, 0.4) is 0 Å². The second-order valence-corrected chi connectivity index (χ2v) is 7.17. The summed E-state index contributed by atoms with van der Waals surface area (Å²) in [5.41, 5.74) is 3.07. The first-order valence-corrected chi connectivity index (χ1v) is 10.2. The molecule has 0 saturated carbocycles. The maximum Gasteiger partial charge on any atom is 0.230 e. The van der Waals surface area contributed by atoms with Crippen LogP contribution in [0.15, 0.2) is 53.7 Å². The molecular weight excluding hydrogens is 374 g/mol. The molecule has 0 unspecified atom stereocenters. The zero-order valence-corrected chi connectivity index (χ0v) is 17.0. The van der Waals surface area contributed by atoms with Crippen molar-refractivity contribution in [1.29, 1.82) is 0 Å². The Bertz CT molecular complexity index is 926. The van der Waals surface area contributed by atoms with Crippen LogP contribution in [-0.4, -0.2) is 48.6 Å². The highest BCUT2D eigenvalue weighted by Gasteiger charge is 2.13. The van der Waals surface area contributed by atoms with E-state index >= 15 is 0 Å². The van der Waals surface area contributed by atoms with Gasteiger partial charge < -0.3 is 19.4 Å². The Morgan fingerprint density at radius 3 is 2.75 bits per heavy atom. The highest BCUT2D eigenvalue weighted by Crippen LogP contribution is 2.24. The lowest BCUT2D eigenvalue weighted by Gasteiger charge is -2.10. The van der Waals surface area contributed by atoms with E-state index in [4.69, 9.17) is 9.47 Å². The van der Waals surface area contributed by atoms with Gasteiger partial charge in [0.15, 0.2) is 5.16 Å². The summed E-state index contributed by atoms with van der Waals surface area (Å²) in [7, 11) is 3.34. The largest absolute Gasteiger partial charge is 0.496 e. The molecule has 6 nitrogen and oxygen atoms in total. The number of ether oxygens (including phenoxy) is 2. The monoisotopic (exact) mass is 399 g/mol. The zero-order valence-electron chi connectivity index (χ0n) is 16.2. The number of imidazole rings is 1. The second-order valence-electron chi connectivity index (χ2n) is 6.23. The smallest absolute Gasteiger partial charge is 0.230 e. The molecule has 0 aliphatic carbocycles. The van der Waals surface area contributed by atoms with Crippen molar-refractivity contribution < 1.29 is 14.3 Å². The number of hydrogen-bond donors (Lipinski definition) is 1. The van der Waals surface area contributed by atoms with Crippen LogP contribution >= 0.6 is 11.8 Å². The van der Waals surface area contributed by atoms with E-state index in [0.717, 1.165) is 33.9 Å². The summed E-state index contributed by atoms with van der Waals surface area (Å²) in [6.45, 7) is 1.87. The number of para-hydroxylation sites is 3. The van der Waals surface area contributed by atoms with E-state index in [1.165, 1.54) is 11.8 Å². The van der Waals surface area contributed by atoms with Crippen molar-refractivity contribution in [3.05, 3.63) is 54.1 Å². The van der Waals surface area contributed by atoms with Gasteiger partial charge in [0, 0.05) is 20.2 Å². The molecular formula is C21H25N3O3S. The fraction of sp³-hybridized carbons (Fsp3) is 0.333. The van der Waals surface area contributed by atoms with Crippen LogP contribution in [0, 0.1) is 0 Å². The van der Waals surface area contributed by atoms with Crippen LogP contribution in [0.1, 0.15) is 5.56 Å².